The summed E-state index contributed by atoms with van der Waals surface area (Å²) in [5.74, 6) is 0.531. The van der Waals surface area contributed by atoms with Gasteiger partial charge in [-0.15, -0.1) is 11.3 Å². The van der Waals surface area contributed by atoms with Gasteiger partial charge >= 0.3 is 0 Å². The van der Waals surface area contributed by atoms with Crippen molar-refractivity contribution >= 4 is 39.2 Å². The van der Waals surface area contributed by atoms with Crippen LogP contribution in [0.15, 0.2) is 22.0 Å². The van der Waals surface area contributed by atoms with Gasteiger partial charge in [-0.3, -0.25) is 4.79 Å². The molecule has 1 fully saturated rings. The predicted octanol–water partition coefficient (Wildman–Crippen LogP) is 2.75. The van der Waals surface area contributed by atoms with E-state index in [9.17, 15) is 4.79 Å². The van der Waals surface area contributed by atoms with E-state index in [-0.39, 0.29) is 12.5 Å². The first-order valence-electron chi connectivity index (χ1n) is 6.02. The van der Waals surface area contributed by atoms with E-state index < -0.39 is 0 Å². The summed E-state index contributed by atoms with van der Waals surface area (Å²) in [6, 6.07) is 3.96. The lowest BCUT2D eigenvalue weighted by atomic mass is 10.1. The molecule has 3 nitrogen and oxygen atoms in total. The predicted molar refractivity (Wildman–Crippen MR) is 77.4 cm³/mol. The van der Waals surface area contributed by atoms with Gasteiger partial charge < -0.3 is 10.0 Å². The van der Waals surface area contributed by atoms with Gasteiger partial charge in [0, 0.05) is 30.6 Å². The highest BCUT2D eigenvalue weighted by Crippen LogP contribution is 2.23. The fraction of sp³-hybridized carbons (Fsp3) is 0.462. The van der Waals surface area contributed by atoms with Crippen molar-refractivity contribution < 1.29 is 9.90 Å². The molecule has 0 aromatic carbocycles. The van der Waals surface area contributed by atoms with Gasteiger partial charge in [-0.25, -0.2) is 0 Å². The Balaban J connectivity index is 1.87. The third kappa shape index (κ3) is 3.67. The first-order valence-corrected chi connectivity index (χ1v) is 7.63. The van der Waals surface area contributed by atoms with Crippen LogP contribution in [-0.2, 0) is 4.79 Å². The van der Waals surface area contributed by atoms with E-state index in [1.54, 1.807) is 17.4 Å². The Labute approximate surface area is 119 Å². The molecule has 1 aliphatic heterocycles. The van der Waals surface area contributed by atoms with Gasteiger partial charge in [-0.2, -0.15) is 0 Å². The zero-order valence-corrected chi connectivity index (χ0v) is 12.4. The van der Waals surface area contributed by atoms with Crippen LogP contribution in [0.2, 0.25) is 0 Å². The molecular formula is C13H16BrNO2S. The van der Waals surface area contributed by atoms with E-state index in [0.717, 1.165) is 34.6 Å². The van der Waals surface area contributed by atoms with Crippen LogP contribution in [0.25, 0.3) is 6.08 Å². The standard InChI is InChI=1S/C13H16BrNO2S/c14-12-3-1-11(18-12)2-4-13(17)15-7-5-10(9-15)6-8-16/h1-4,10,16H,5-9H2/b4-2+. The molecule has 1 N–H and O–H groups in total. The molecule has 5 heteroatoms. The van der Waals surface area contributed by atoms with E-state index in [1.807, 2.05) is 23.1 Å². The summed E-state index contributed by atoms with van der Waals surface area (Å²) in [7, 11) is 0. The Morgan fingerprint density at radius 1 is 1.61 bits per heavy atom. The Bertz CT molecular complexity index is 444. The molecule has 1 atom stereocenters. The molecule has 98 valence electrons. The third-order valence-electron chi connectivity index (χ3n) is 3.12. The lowest BCUT2D eigenvalue weighted by Gasteiger charge is -2.13. The van der Waals surface area contributed by atoms with Crippen LogP contribution in [0.1, 0.15) is 17.7 Å². The zero-order valence-electron chi connectivity index (χ0n) is 10.0. The molecule has 1 amide bonds. The van der Waals surface area contributed by atoms with Crippen LogP contribution in [0.5, 0.6) is 0 Å². The molecule has 0 aliphatic carbocycles. The lowest BCUT2D eigenvalue weighted by molar-refractivity contribution is -0.125. The summed E-state index contributed by atoms with van der Waals surface area (Å²) >= 11 is 5.00. The van der Waals surface area contributed by atoms with Gasteiger partial charge in [0.2, 0.25) is 5.91 Å². The number of hydrogen-bond acceptors (Lipinski definition) is 3. The monoisotopic (exact) mass is 329 g/mol. The number of hydrogen-bond donors (Lipinski definition) is 1. The smallest absolute Gasteiger partial charge is 0.246 e. The average molecular weight is 330 g/mol. The minimum absolute atomic E-state index is 0.0694. The quantitative estimate of drug-likeness (QED) is 0.863. The van der Waals surface area contributed by atoms with Crippen LogP contribution >= 0.6 is 27.3 Å². The number of rotatable bonds is 4. The highest BCUT2D eigenvalue weighted by molar-refractivity contribution is 9.11. The average Bonchev–Trinajstić information content (AvgIpc) is 2.96. The molecule has 1 unspecified atom stereocenters. The van der Waals surface area contributed by atoms with E-state index >= 15 is 0 Å². The van der Waals surface area contributed by atoms with Crippen LogP contribution in [0.4, 0.5) is 0 Å². The van der Waals surface area contributed by atoms with Gasteiger partial charge in [0.1, 0.15) is 0 Å². The number of aliphatic hydroxyl groups excluding tert-OH is 1. The summed E-state index contributed by atoms with van der Waals surface area (Å²) in [6.45, 7) is 1.80. The van der Waals surface area contributed by atoms with Gasteiger partial charge in [0.25, 0.3) is 0 Å². The second kappa shape index (κ2) is 6.50. The number of amides is 1. The second-order valence-electron chi connectivity index (χ2n) is 4.43. The summed E-state index contributed by atoms with van der Waals surface area (Å²) < 4.78 is 1.07. The number of halogens is 1. The zero-order chi connectivity index (χ0) is 13.0. The molecule has 18 heavy (non-hydrogen) atoms. The first-order chi connectivity index (χ1) is 8.69. The van der Waals surface area contributed by atoms with E-state index in [0.29, 0.717) is 5.92 Å². The van der Waals surface area contributed by atoms with Gasteiger partial charge in [0.15, 0.2) is 0 Å². The molecule has 2 rings (SSSR count). The number of carbonyl (C=O) groups is 1. The van der Waals surface area contributed by atoms with Crippen molar-refractivity contribution in [3.63, 3.8) is 0 Å². The molecule has 1 aromatic rings. The summed E-state index contributed by atoms with van der Waals surface area (Å²) in [4.78, 5) is 14.9. The van der Waals surface area contributed by atoms with Crippen molar-refractivity contribution in [1.82, 2.24) is 4.90 Å². The SMILES string of the molecule is O=C(/C=C/c1ccc(Br)s1)N1CCC(CCO)C1. The summed E-state index contributed by atoms with van der Waals surface area (Å²) in [5, 5.41) is 8.89. The maximum absolute atomic E-state index is 11.9. The minimum atomic E-state index is 0.0694. The number of nitrogens with zero attached hydrogens (tertiary/aromatic N) is 1. The van der Waals surface area contributed by atoms with E-state index in [4.69, 9.17) is 5.11 Å². The van der Waals surface area contributed by atoms with Gasteiger partial charge in [0.05, 0.1) is 3.79 Å². The highest BCUT2D eigenvalue weighted by atomic mass is 79.9. The number of carbonyl (C=O) groups excluding carboxylic acids is 1. The van der Waals surface area contributed by atoms with Crippen LogP contribution < -0.4 is 0 Å². The summed E-state index contributed by atoms with van der Waals surface area (Å²) in [6.07, 6.45) is 5.30. The Morgan fingerprint density at radius 2 is 2.44 bits per heavy atom. The van der Waals surface area contributed by atoms with Crippen molar-refractivity contribution in [2.24, 2.45) is 5.92 Å². The number of aliphatic hydroxyl groups is 1. The molecule has 0 saturated carbocycles. The minimum Gasteiger partial charge on any atom is -0.396 e. The molecule has 2 heterocycles. The fourth-order valence-electron chi connectivity index (χ4n) is 2.13. The molecule has 0 bridgehead atoms. The largest absolute Gasteiger partial charge is 0.396 e. The van der Waals surface area contributed by atoms with Crippen molar-refractivity contribution in [1.29, 1.82) is 0 Å². The fourth-order valence-corrected chi connectivity index (χ4v) is 3.45. The summed E-state index contributed by atoms with van der Waals surface area (Å²) in [5.41, 5.74) is 0. The van der Waals surface area contributed by atoms with Gasteiger partial charge in [-0.05, 0) is 52.9 Å². The number of thiophene rings is 1. The number of likely N-dealkylation sites (tertiary alicyclic amines) is 1. The first kappa shape index (κ1) is 13.8. The Morgan fingerprint density at radius 3 is 3.11 bits per heavy atom. The van der Waals surface area contributed by atoms with Crippen LogP contribution in [0, 0.1) is 5.92 Å². The van der Waals surface area contributed by atoms with Crippen LogP contribution in [0.3, 0.4) is 0 Å². The van der Waals surface area contributed by atoms with Crippen molar-refractivity contribution in [3.05, 3.63) is 26.9 Å². The molecule has 1 aromatic heterocycles. The molecule has 0 spiro atoms. The van der Waals surface area contributed by atoms with Crippen molar-refractivity contribution in [2.75, 3.05) is 19.7 Å². The lowest BCUT2D eigenvalue weighted by Crippen LogP contribution is -2.26. The van der Waals surface area contributed by atoms with E-state index in [2.05, 4.69) is 15.9 Å². The highest BCUT2D eigenvalue weighted by Gasteiger charge is 2.24. The Hall–Kier alpha value is -0.650. The maximum Gasteiger partial charge on any atom is 0.246 e. The third-order valence-corrected chi connectivity index (χ3v) is 4.71. The second-order valence-corrected chi connectivity index (χ2v) is 6.92. The van der Waals surface area contributed by atoms with Crippen molar-refractivity contribution in [3.8, 4) is 0 Å². The topological polar surface area (TPSA) is 40.5 Å². The molecule has 1 saturated heterocycles. The Kier molecular flexibility index (Phi) is 4.97. The van der Waals surface area contributed by atoms with Crippen LogP contribution in [-0.4, -0.2) is 35.6 Å². The van der Waals surface area contributed by atoms with E-state index in [1.165, 1.54) is 0 Å². The molecule has 1 aliphatic rings. The normalized spacial score (nSPS) is 19.9. The maximum atomic E-state index is 11.9. The molecular weight excluding hydrogens is 314 g/mol. The molecule has 0 radical (unpaired) electrons. The van der Waals surface area contributed by atoms with Crippen molar-refractivity contribution in [2.45, 2.75) is 12.8 Å². The van der Waals surface area contributed by atoms with Gasteiger partial charge in [-0.1, -0.05) is 0 Å².